The third-order valence-corrected chi connectivity index (χ3v) is 7.39. The van der Waals surface area contributed by atoms with Crippen LogP contribution in [0.1, 0.15) is 34.8 Å². The summed E-state index contributed by atoms with van der Waals surface area (Å²) in [5, 5.41) is 12.0. The molecular formula is C33H30BrFN2O4. The number of hydrogen-bond acceptors (Lipinski definition) is 5. The molecule has 0 saturated heterocycles. The zero-order valence-corrected chi connectivity index (χ0v) is 23.9. The number of halogens is 2. The first kappa shape index (κ1) is 28.5. The second-order valence-corrected chi connectivity index (χ2v) is 10.7. The van der Waals surface area contributed by atoms with E-state index in [2.05, 4.69) is 21.2 Å². The number of aliphatic hydroxyl groups excluding tert-OH is 1. The summed E-state index contributed by atoms with van der Waals surface area (Å²) in [6.07, 6.45) is 0.107. The van der Waals surface area contributed by atoms with E-state index in [1.807, 2.05) is 78.9 Å². The average molecular weight is 618 g/mol. The largest absolute Gasteiger partial charge is 0.494 e. The van der Waals surface area contributed by atoms with Crippen molar-refractivity contribution in [2.24, 2.45) is 4.99 Å². The Balaban J connectivity index is 1.53. The first-order chi connectivity index (χ1) is 20.0. The number of rotatable bonds is 11. The van der Waals surface area contributed by atoms with Crippen molar-refractivity contribution >= 4 is 27.7 Å². The zero-order chi connectivity index (χ0) is 28.7. The molecule has 0 saturated carbocycles. The van der Waals surface area contributed by atoms with E-state index in [1.54, 1.807) is 12.1 Å². The number of nitrogens with zero attached hydrogens (tertiary/aromatic N) is 1. The maximum atomic E-state index is 14.2. The van der Waals surface area contributed by atoms with Crippen molar-refractivity contribution in [1.82, 2.24) is 5.32 Å². The molecule has 0 spiro atoms. The van der Waals surface area contributed by atoms with E-state index in [1.165, 1.54) is 12.1 Å². The van der Waals surface area contributed by atoms with Gasteiger partial charge in [-0.15, -0.1) is 0 Å². The molecule has 0 unspecified atom stereocenters. The zero-order valence-electron chi connectivity index (χ0n) is 22.3. The van der Waals surface area contributed by atoms with Crippen molar-refractivity contribution in [3.63, 3.8) is 0 Å². The monoisotopic (exact) mass is 616 g/mol. The molecule has 2 N–H and O–H groups in total. The predicted octanol–water partition coefficient (Wildman–Crippen LogP) is 6.17. The molecule has 0 aliphatic carbocycles. The fraction of sp³-hybridized carbons (Fsp3) is 0.212. The summed E-state index contributed by atoms with van der Waals surface area (Å²) in [4.78, 5) is 19.2. The Bertz CT molecular complexity index is 1500. The highest BCUT2D eigenvalue weighted by Gasteiger charge is 2.53. The number of ether oxygens (including phenoxy) is 2. The average Bonchev–Trinajstić information content (AvgIpc) is 3.38. The lowest BCUT2D eigenvalue weighted by Crippen LogP contribution is -2.49. The summed E-state index contributed by atoms with van der Waals surface area (Å²) in [7, 11) is 0. The Kier molecular flexibility index (Phi) is 9.11. The molecule has 0 fully saturated rings. The van der Waals surface area contributed by atoms with Crippen LogP contribution in [0, 0.1) is 5.82 Å². The highest BCUT2D eigenvalue weighted by atomic mass is 79.9. The number of amides is 1. The number of aliphatic imine (C=N–C) groups is 1. The summed E-state index contributed by atoms with van der Waals surface area (Å²) in [5.74, 6) is 0.322. The maximum absolute atomic E-state index is 14.2. The second-order valence-electron chi connectivity index (χ2n) is 9.82. The SMILES string of the molecule is O=C(NCc1cccc(F)c1)[C@]1(Cc2ccc(Br)cc2)N=C(c2ccc(OCCCO)cc2)O[C@@H]1c1ccccc1. The maximum Gasteiger partial charge on any atom is 0.252 e. The molecule has 41 heavy (non-hydrogen) atoms. The van der Waals surface area contributed by atoms with Gasteiger partial charge in [-0.2, -0.15) is 0 Å². The van der Waals surface area contributed by atoms with E-state index in [4.69, 9.17) is 19.6 Å². The van der Waals surface area contributed by atoms with Crippen molar-refractivity contribution in [2.75, 3.05) is 13.2 Å². The number of benzene rings is 4. The Hall–Kier alpha value is -4.01. The minimum Gasteiger partial charge on any atom is -0.494 e. The van der Waals surface area contributed by atoms with E-state index in [0.717, 1.165) is 15.6 Å². The fourth-order valence-electron chi connectivity index (χ4n) is 4.81. The van der Waals surface area contributed by atoms with Gasteiger partial charge in [-0.3, -0.25) is 4.79 Å². The van der Waals surface area contributed by atoms with Gasteiger partial charge in [0.25, 0.3) is 5.91 Å². The molecule has 1 amide bonds. The van der Waals surface area contributed by atoms with Crippen LogP contribution in [-0.4, -0.2) is 35.7 Å². The molecule has 5 rings (SSSR count). The number of aliphatic hydroxyl groups is 1. The molecule has 0 radical (unpaired) electrons. The van der Waals surface area contributed by atoms with Gasteiger partial charge in [0.15, 0.2) is 11.6 Å². The minimum atomic E-state index is -1.34. The van der Waals surface area contributed by atoms with Crippen LogP contribution in [0.25, 0.3) is 0 Å². The third kappa shape index (κ3) is 6.84. The molecule has 0 aromatic heterocycles. The summed E-state index contributed by atoms with van der Waals surface area (Å²) < 4.78 is 27.0. The summed E-state index contributed by atoms with van der Waals surface area (Å²) >= 11 is 3.49. The Labute approximate surface area is 247 Å². The van der Waals surface area contributed by atoms with Crippen LogP contribution in [0.2, 0.25) is 0 Å². The van der Waals surface area contributed by atoms with E-state index < -0.39 is 11.6 Å². The highest BCUT2D eigenvalue weighted by molar-refractivity contribution is 9.10. The second kappa shape index (κ2) is 13.1. The lowest BCUT2D eigenvalue weighted by molar-refractivity contribution is -0.129. The summed E-state index contributed by atoms with van der Waals surface area (Å²) in [6.45, 7) is 0.613. The Morgan fingerprint density at radius 3 is 2.44 bits per heavy atom. The predicted molar refractivity (Wildman–Crippen MR) is 159 cm³/mol. The standard InChI is InChI=1S/C33H30BrFN2O4/c34-27-14-10-23(11-15-27)21-33(32(39)36-22-24-6-4-9-28(35)20-24)30(25-7-2-1-3-8-25)41-31(37-33)26-12-16-29(17-13-26)40-19-5-18-38/h1-4,6-17,20,30,38H,5,18-19,21-22H2,(H,36,39)/t30-,33-/m1/s1. The third-order valence-electron chi connectivity index (χ3n) is 6.86. The van der Waals surface area contributed by atoms with Gasteiger partial charge in [-0.05, 0) is 65.2 Å². The van der Waals surface area contributed by atoms with Crippen molar-refractivity contribution in [2.45, 2.75) is 31.0 Å². The summed E-state index contributed by atoms with van der Waals surface area (Å²) in [5.41, 5.74) is 1.74. The number of carbonyl (C=O) groups excluding carboxylic acids is 1. The van der Waals surface area contributed by atoms with Crippen molar-refractivity contribution in [1.29, 1.82) is 0 Å². The fourth-order valence-corrected chi connectivity index (χ4v) is 5.07. The molecule has 8 heteroatoms. The lowest BCUT2D eigenvalue weighted by atomic mass is 9.82. The molecule has 2 atom stereocenters. The minimum absolute atomic E-state index is 0.0608. The molecule has 0 bridgehead atoms. The van der Waals surface area contributed by atoms with Gasteiger partial charge in [0.05, 0.1) is 6.61 Å². The van der Waals surface area contributed by atoms with Gasteiger partial charge in [0, 0.05) is 36.0 Å². The Morgan fingerprint density at radius 1 is 0.976 bits per heavy atom. The van der Waals surface area contributed by atoms with E-state index in [9.17, 15) is 9.18 Å². The smallest absolute Gasteiger partial charge is 0.252 e. The van der Waals surface area contributed by atoms with E-state index in [-0.39, 0.29) is 31.3 Å². The topological polar surface area (TPSA) is 80.2 Å². The van der Waals surface area contributed by atoms with Crippen LogP contribution in [0.3, 0.4) is 0 Å². The van der Waals surface area contributed by atoms with E-state index >= 15 is 0 Å². The van der Waals surface area contributed by atoms with Gasteiger partial charge < -0.3 is 19.9 Å². The first-order valence-corrected chi connectivity index (χ1v) is 14.2. The molecular weight excluding hydrogens is 587 g/mol. The molecule has 210 valence electrons. The van der Waals surface area contributed by atoms with Crippen molar-refractivity contribution in [3.05, 3.63) is 136 Å². The molecule has 1 aliphatic rings. The Morgan fingerprint density at radius 2 is 1.73 bits per heavy atom. The highest BCUT2D eigenvalue weighted by Crippen LogP contribution is 2.42. The number of carbonyl (C=O) groups is 1. The van der Waals surface area contributed by atoms with Crippen molar-refractivity contribution in [3.8, 4) is 5.75 Å². The number of hydrogen-bond donors (Lipinski definition) is 2. The van der Waals surface area contributed by atoms with E-state index in [0.29, 0.717) is 35.8 Å². The molecule has 4 aromatic rings. The van der Waals surface area contributed by atoms with Crippen LogP contribution in [0.5, 0.6) is 5.75 Å². The van der Waals surface area contributed by atoms with Gasteiger partial charge in [-0.1, -0.05) is 70.5 Å². The summed E-state index contributed by atoms with van der Waals surface area (Å²) in [6, 6.07) is 30.8. The van der Waals surface area contributed by atoms with Crippen molar-refractivity contribution < 1.29 is 23.8 Å². The normalized spacial score (nSPS) is 17.9. The number of nitrogens with one attached hydrogen (secondary N) is 1. The van der Waals surface area contributed by atoms with Crippen LogP contribution in [-0.2, 0) is 22.5 Å². The van der Waals surface area contributed by atoms with Crippen LogP contribution < -0.4 is 10.1 Å². The molecule has 4 aromatic carbocycles. The quantitative estimate of drug-likeness (QED) is 0.198. The van der Waals surface area contributed by atoms with Gasteiger partial charge in [-0.25, -0.2) is 9.38 Å². The van der Waals surface area contributed by atoms with Crippen LogP contribution >= 0.6 is 15.9 Å². The molecule has 6 nitrogen and oxygen atoms in total. The van der Waals surface area contributed by atoms with Gasteiger partial charge >= 0.3 is 0 Å². The first-order valence-electron chi connectivity index (χ1n) is 13.4. The van der Waals surface area contributed by atoms with Crippen LogP contribution in [0.4, 0.5) is 4.39 Å². The van der Waals surface area contributed by atoms with Gasteiger partial charge in [0.1, 0.15) is 11.6 Å². The molecule has 1 aliphatic heterocycles. The van der Waals surface area contributed by atoms with Crippen LogP contribution in [0.15, 0.2) is 113 Å². The van der Waals surface area contributed by atoms with Gasteiger partial charge in [0.2, 0.25) is 5.90 Å². The molecule has 1 heterocycles. The lowest BCUT2D eigenvalue weighted by Gasteiger charge is -2.31.